The second kappa shape index (κ2) is 8.31. The van der Waals surface area contributed by atoms with E-state index in [0.717, 1.165) is 12.1 Å². The van der Waals surface area contributed by atoms with Crippen LogP contribution in [-0.2, 0) is 25.7 Å². The number of amidine groups is 1. The van der Waals surface area contributed by atoms with E-state index in [4.69, 9.17) is 4.74 Å². The van der Waals surface area contributed by atoms with E-state index in [9.17, 15) is 23.6 Å². The highest BCUT2D eigenvalue weighted by molar-refractivity contribution is 6.46. The first kappa shape index (κ1) is 21.6. The van der Waals surface area contributed by atoms with Crippen LogP contribution >= 0.6 is 0 Å². The fourth-order valence-corrected chi connectivity index (χ4v) is 3.40. The molecular weight excluding hydrogens is 395 g/mol. The predicted octanol–water partition coefficient (Wildman–Crippen LogP) is 0.179. The van der Waals surface area contributed by atoms with E-state index in [-0.39, 0.29) is 24.5 Å². The first-order valence-corrected chi connectivity index (χ1v) is 9.52. The summed E-state index contributed by atoms with van der Waals surface area (Å²) >= 11 is 0. The van der Waals surface area contributed by atoms with E-state index in [1.54, 1.807) is 13.8 Å². The number of hydrogen-bond donors (Lipinski definition) is 2. The maximum atomic E-state index is 13.5. The van der Waals surface area contributed by atoms with Gasteiger partial charge in [0.1, 0.15) is 17.3 Å². The molecule has 2 aliphatic heterocycles. The highest BCUT2D eigenvalue weighted by Crippen LogP contribution is 2.24. The molecule has 0 radical (unpaired) electrons. The number of ketones is 1. The molecule has 3 amide bonds. The molecule has 30 heavy (non-hydrogen) atoms. The Bertz CT molecular complexity index is 943. The van der Waals surface area contributed by atoms with Crippen molar-refractivity contribution in [3.8, 4) is 0 Å². The van der Waals surface area contributed by atoms with E-state index >= 15 is 0 Å². The second-order valence-electron chi connectivity index (χ2n) is 7.49. The number of fused-ring (bicyclic) bond motifs is 1. The van der Waals surface area contributed by atoms with E-state index in [1.807, 2.05) is 0 Å². The van der Waals surface area contributed by atoms with Gasteiger partial charge in [-0.25, -0.2) is 9.38 Å². The van der Waals surface area contributed by atoms with Gasteiger partial charge in [-0.05, 0) is 38.0 Å². The van der Waals surface area contributed by atoms with Crippen molar-refractivity contribution in [1.29, 1.82) is 0 Å². The van der Waals surface area contributed by atoms with Gasteiger partial charge in [0.2, 0.25) is 0 Å². The quantitative estimate of drug-likeness (QED) is 0.534. The monoisotopic (exact) mass is 418 g/mol. The molecule has 1 atom stereocenters. The molecule has 0 aliphatic carbocycles. The molecule has 0 saturated carbocycles. The Labute approximate surface area is 172 Å². The number of halogens is 1. The number of rotatable bonds is 4. The lowest BCUT2D eigenvalue weighted by atomic mass is 10.0. The lowest BCUT2D eigenvalue weighted by molar-refractivity contribution is -0.146. The van der Waals surface area contributed by atoms with Crippen LogP contribution in [0.2, 0.25) is 0 Å². The molecule has 0 spiro atoms. The summed E-state index contributed by atoms with van der Waals surface area (Å²) in [6.07, 6.45) is 0.547. The average Bonchev–Trinajstić information content (AvgIpc) is 2.86. The van der Waals surface area contributed by atoms with Crippen molar-refractivity contribution in [1.82, 2.24) is 15.5 Å². The molecular formula is C20H23FN4O5. The third kappa shape index (κ3) is 4.09. The molecule has 2 N–H and O–H groups in total. The van der Waals surface area contributed by atoms with Gasteiger partial charge in [0.05, 0.1) is 0 Å². The number of carbonyl (C=O) groups is 4. The zero-order chi connectivity index (χ0) is 22.1. The van der Waals surface area contributed by atoms with Crippen LogP contribution in [0.3, 0.4) is 0 Å². The van der Waals surface area contributed by atoms with Crippen LogP contribution in [-0.4, -0.2) is 66.1 Å². The number of amides is 3. The van der Waals surface area contributed by atoms with Crippen molar-refractivity contribution < 1.29 is 28.3 Å². The molecule has 2 heterocycles. The standard InChI is InChI=1S/C20H23FN4O5/c1-20(2)19-24-14(15(26)18(29)25(19)7-4-8-30-20)17(28)23-10-11-5-6-12(21)9-13(11)16(27)22-3/h5-6,9,14H,4,7-8,10H2,1-3H3,(H,22,27)(H,23,28). The molecule has 3 rings (SSSR count). The Morgan fingerprint density at radius 2 is 2.07 bits per heavy atom. The maximum absolute atomic E-state index is 13.5. The van der Waals surface area contributed by atoms with Gasteiger partial charge in [-0.3, -0.25) is 24.1 Å². The largest absolute Gasteiger partial charge is 0.368 e. The molecule has 160 valence electrons. The van der Waals surface area contributed by atoms with Gasteiger partial charge < -0.3 is 15.4 Å². The third-order valence-electron chi connectivity index (χ3n) is 4.98. The highest BCUT2D eigenvalue weighted by Gasteiger charge is 2.46. The summed E-state index contributed by atoms with van der Waals surface area (Å²) in [5, 5.41) is 4.92. The number of ether oxygens (including phenoxy) is 1. The Morgan fingerprint density at radius 3 is 2.77 bits per heavy atom. The van der Waals surface area contributed by atoms with Crippen LogP contribution < -0.4 is 10.6 Å². The first-order valence-electron chi connectivity index (χ1n) is 9.52. The fraction of sp³-hybridized carbons (Fsp3) is 0.450. The highest BCUT2D eigenvalue weighted by atomic mass is 19.1. The Hall–Kier alpha value is -3.14. The van der Waals surface area contributed by atoms with Crippen LogP contribution in [0.4, 0.5) is 4.39 Å². The smallest absolute Gasteiger partial charge is 0.298 e. The summed E-state index contributed by atoms with van der Waals surface area (Å²) in [4.78, 5) is 55.2. The van der Waals surface area contributed by atoms with Gasteiger partial charge in [-0.1, -0.05) is 6.07 Å². The summed E-state index contributed by atoms with van der Waals surface area (Å²) in [7, 11) is 1.40. The number of benzene rings is 1. The zero-order valence-corrected chi connectivity index (χ0v) is 17.0. The summed E-state index contributed by atoms with van der Waals surface area (Å²) in [5.41, 5.74) is -0.528. The number of aliphatic imine (C=N–C) groups is 1. The predicted molar refractivity (Wildman–Crippen MR) is 104 cm³/mol. The Morgan fingerprint density at radius 1 is 1.33 bits per heavy atom. The van der Waals surface area contributed by atoms with Gasteiger partial charge in [-0.2, -0.15) is 0 Å². The second-order valence-corrected chi connectivity index (χ2v) is 7.49. The minimum Gasteiger partial charge on any atom is -0.368 e. The molecule has 1 saturated heterocycles. The number of carbonyl (C=O) groups excluding carboxylic acids is 4. The van der Waals surface area contributed by atoms with Crippen LogP contribution in [0.1, 0.15) is 36.2 Å². The van der Waals surface area contributed by atoms with E-state index in [2.05, 4.69) is 15.6 Å². The summed E-state index contributed by atoms with van der Waals surface area (Å²) in [6, 6.07) is 2.03. The molecule has 9 nitrogen and oxygen atoms in total. The maximum Gasteiger partial charge on any atom is 0.298 e. The first-order chi connectivity index (χ1) is 14.2. The summed E-state index contributed by atoms with van der Waals surface area (Å²) in [5.74, 6) is -3.40. The zero-order valence-electron chi connectivity index (χ0n) is 17.0. The molecule has 1 aromatic carbocycles. The van der Waals surface area contributed by atoms with Crippen LogP contribution in [0.5, 0.6) is 0 Å². The van der Waals surface area contributed by atoms with E-state index < -0.39 is 41.0 Å². The molecule has 10 heteroatoms. The van der Waals surface area contributed by atoms with Gasteiger partial charge >= 0.3 is 0 Å². The lowest BCUT2D eigenvalue weighted by Gasteiger charge is -2.34. The van der Waals surface area contributed by atoms with Crippen molar-refractivity contribution in [2.24, 2.45) is 4.99 Å². The van der Waals surface area contributed by atoms with E-state index in [1.165, 1.54) is 18.0 Å². The van der Waals surface area contributed by atoms with Gasteiger partial charge in [0.15, 0.2) is 6.04 Å². The molecule has 1 unspecified atom stereocenters. The van der Waals surface area contributed by atoms with E-state index in [0.29, 0.717) is 18.6 Å². The average molecular weight is 418 g/mol. The molecule has 2 aliphatic rings. The van der Waals surface area contributed by atoms with Crippen molar-refractivity contribution >= 4 is 29.3 Å². The molecule has 1 aromatic rings. The van der Waals surface area contributed by atoms with Gasteiger partial charge in [0.25, 0.3) is 23.5 Å². The topological polar surface area (TPSA) is 117 Å². The van der Waals surface area contributed by atoms with Crippen LogP contribution in [0, 0.1) is 5.82 Å². The SMILES string of the molecule is CNC(=O)c1cc(F)ccc1CNC(=O)C1N=C2N(CCCOC2(C)C)C(=O)C1=O. The Kier molecular flexibility index (Phi) is 5.97. The summed E-state index contributed by atoms with van der Waals surface area (Å²) < 4.78 is 19.2. The number of Topliss-reactive ketones (excluding diaryl/α,β-unsaturated/α-hetero) is 1. The van der Waals surface area contributed by atoms with Crippen molar-refractivity contribution in [2.45, 2.75) is 38.5 Å². The van der Waals surface area contributed by atoms with Crippen molar-refractivity contribution in [3.63, 3.8) is 0 Å². The van der Waals surface area contributed by atoms with Crippen molar-refractivity contribution in [2.75, 3.05) is 20.2 Å². The summed E-state index contributed by atoms with van der Waals surface area (Å²) in [6.45, 7) is 3.97. The minimum atomic E-state index is -1.55. The molecule has 0 aromatic heterocycles. The molecule has 0 bridgehead atoms. The fourth-order valence-electron chi connectivity index (χ4n) is 3.40. The van der Waals surface area contributed by atoms with Crippen LogP contribution in [0.25, 0.3) is 0 Å². The number of nitrogens with zero attached hydrogens (tertiary/aromatic N) is 2. The van der Waals surface area contributed by atoms with Crippen molar-refractivity contribution in [3.05, 3.63) is 35.1 Å². The Balaban J connectivity index is 1.84. The normalized spacial score (nSPS) is 20.7. The number of hydrogen-bond acceptors (Lipinski definition) is 6. The third-order valence-corrected chi connectivity index (χ3v) is 4.98. The minimum absolute atomic E-state index is 0.0552. The number of nitrogens with one attached hydrogen (secondary N) is 2. The van der Waals surface area contributed by atoms with Gasteiger partial charge in [-0.15, -0.1) is 0 Å². The van der Waals surface area contributed by atoms with Gasteiger partial charge in [0, 0.05) is 32.3 Å². The lowest BCUT2D eigenvalue weighted by Crippen LogP contribution is -2.58. The van der Waals surface area contributed by atoms with Crippen LogP contribution in [0.15, 0.2) is 23.2 Å². The molecule has 1 fully saturated rings.